The van der Waals surface area contributed by atoms with Crippen LogP contribution in [0.2, 0.25) is 5.02 Å². The number of H-pyrrole nitrogens is 1. The van der Waals surface area contributed by atoms with E-state index in [-0.39, 0.29) is 10.8 Å². The van der Waals surface area contributed by atoms with Gasteiger partial charge >= 0.3 is 0 Å². The molecular formula is C14H16BrClN2. The summed E-state index contributed by atoms with van der Waals surface area (Å²) >= 11 is 9.58. The van der Waals surface area contributed by atoms with Crippen LogP contribution >= 0.6 is 27.5 Å². The lowest BCUT2D eigenvalue weighted by Gasteiger charge is -2.03. The van der Waals surface area contributed by atoms with Gasteiger partial charge in [-0.3, -0.25) is 0 Å². The van der Waals surface area contributed by atoms with E-state index in [1.165, 1.54) is 0 Å². The average molecular weight is 328 g/mol. The maximum atomic E-state index is 6.06. The van der Waals surface area contributed by atoms with Crippen LogP contribution in [0.4, 0.5) is 0 Å². The van der Waals surface area contributed by atoms with Gasteiger partial charge in [0, 0.05) is 15.4 Å². The van der Waals surface area contributed by atoms with Crippen molar-refractivity contribution >= 4 is 38.6 Å². The van der Waals surface area contributed by atoms with Crippen LogP contribution in [0.3, 0.4) is 0 Å². The molecule has 2 nitrogen and oxygen atoms in total. The first kappa shape index (κ1) is 12.5. The van der Waals surface area contributed by atoms with Gasteiger partial charge in [0.25, 0.3) is 0 Å². The summed E-state index contributed by atoms with van der Waals surface area (Å²) in [5.74, 6) is 1.55. The molecule has 1 aromatic carbocycles. The average Bonchev–Trinajstić information content (AvgIpc) is 2.57. The molecule has 0 atom stereocenters. The second kappa shape index (κ2) is 3.51. The molecule has 2 aromatic rings. The maximum Gasteiger partial charge on any atom is 0.111 e. The van der Waals surface area contributed by atoms with Crippen LogP contribution in [0.15, 0.2) is 16.6 Å². The zero-order chi connectivity index (χ0) is 13.3. The zero-order valence-electron chi connectivity index (χ0n) is 10.9. The highest BCUT2D eigenvalue weighted by Gasteiger charge is 2.66. The summed E-state index contributed by atoms with van der Waals surface area (Å²) in [5, 5.41) is 0.721. The standard InChI is InChI=1S/C14H16BrClN2/c1-13(2)11(14(13,3)4)12-17-9-6-7(16)5-8(15)10(9)18-12/h5-6,11H,1-4H3,(H,17,18). The van der Waals surface area contributed by atoms with Crippen molar-refractivity contribution in [3.63, 3.8) is 0 Å². The van der Waals surface area contributed by atoms with Gasteiger partial charge in [0.15, 0.2) is 0 Å². The largest absolute Gasteiger partial charge is 0.342 e. The molecule has 1 aliphatic rings. The summed E-state index contributed by atoms with van der Waals surface area (Å²) in [6.45, 7) is 9.19. The van der Waals surface area contributed by atoms with Gasteiger partial charge < -0.3 is 4.98 Å². The Morgan fingerprint density at radius 2 is 1.83 bits per heavy atom. The number of halogens is 2. The molecule has 96 valence electrons. The van der Waals surface area contributed by atoms with E-state index in [1.54, 1.807) is 0 Å². The molecule has 1 fully saturated rings. The molecule has 3 rings (SSSR count). The molecule has 1 aromatic heterocycles. The van der Waals surface area contributed by atoms with Crippen molar-refractivity contribution in [3.05, 3.63) is 27.5 Å². The zero-order valence-corrected chi connectivity index (χ0v) is 13.3. The monoisotopic (exact) mass is 326 g/mol. The van der Waals surface area contributed by atoms with E-state index in [4.69, 9.17) is 16.6 Å². The predicted molar refractivity (Wildman–Crippen MR) is 79.1 cm³/mol. The van der Waals surface area contributed by atoms with E-state index in [9.17, 15) is 0 Å². The third-order valence-electron chi connectivity index (χ3n) is 4.82. The smallest absolute Gasteiger partial charge is 0.111 e. The maximum absolute atomic E-state index is 6.06. The van der Waals surface area contributed by atoms with Crippen molar-refractivity contribution in [2.45, 2.75) is 33.6 Å². The third-order valence-corrected chi connectivity index (χ3v) is 5.64. The van der Waals surface area contributed by atoms with Crippen molar-refractivity contribution in [3.8, 4) is 0 Å². The summed E-state index contributed by atoms with van der Waals surface area (Å²) in [6, 6.07) is 3.82. The number of fused-ring (bicyclic) bond motifs is 1. The van der Waals surface area contributed by atoms with Gasteiger partial charge in [-0.15, -0.1) is 0 Å². The molecule has 0 unspecified atom stereocenters. The van der Waals surface area contributed by atoms with Crippen molar-refractivity contribution in [2.24, 2.45) is 10.8 Å². The molecule has 1 saturated carbocycles. The summed E-state index contributed by atoms with van der Waals surface area (Å²) < 4.78 is 0.948. The van der Waals surface area contributed by atoms with Crippen molar-refractivity contribution < 1.29 is 0 Å². The van der Waals surface area contributed by atoms with Crippen molar-refractivity contribution in [1.82, 2.24) is 9.97 Å². The number of hydrogen-bond acceptors (Lipinski definition) is 1. The first-order chi connectivity index (χ1) is 8.25. The first-order valence-electron chi connectivity index (χ1n) is 6.10. The van der Waals surface area contributed by atoms with E-state index in [2.05, 4.69) is 48.6 Å². The Balaban J connectivity index is 2.14. The minimum atomic E-state index is 0.289. The highest BCUT2D eigenvalue weighted by atomic mass is 79.9. The molecule has 0 bridgehead atoms. The lowest BCUT2D eigenvalue weighted by molar-refractivity contribution is 0.457. The molecule has 0 aliphatic heterocycles. The van der Waals surface area contributed by atoms with E-state index in [0.717, 1.165) is 26.4 Å². The van der Waals surface area contributed by atoms with E-state index < -0.39 is 0 Å². The second-order valence-corrected chi connectivity index (χ2v) is 7.57. The van der Waals surface area contributed by atoms with Crippen LogP contribution in [-0.2, 0) is 0 Å². The number of aromatic amines is 1. The number of nitrogens with zero attached hydrogens (tertiary/aromatic N) is 1. The minimum absolute atomic E-state index is 0.289. The molecule has 0 spiro atoms. The Hall–Kier alpha value is -0.540. The van der Waals surface area contributed by atoms with Crippen LogP contribution in [0.5, 0.6) is 0 Å². The van der Waals surface area contributed by atoms with Crippen LogP contribution in [-0.4, -0.2) is 9.97 Å². The fourth-order valence-electron chi connectivity index (χ4n) is 3.08. The summed E-state index contributed by atoms with van der Waals surface area (Å²) in [4.78, 5) is 8.17. The Kier molecular flexibility index (Phi) is 2.44. The Labute approximate surface area is 120 Å². The number of nitrogens with one attached hydrogen (secondary N) is 1. The van der Waals surface area contributed by atoms with Gasteiger partial charge in [-0.2, -0.15) is 0 Å². The molecule has 1 aliphatic carbocycles. The van der Waals surface area contributed by atoms with E-state index in [0.29, 0.717) is 5.92 Å². The van der Waals surface area contributed by atoms with Crippen LogP contribution in [0.1, 0.15) is 39.4 Å². The van der Waals surface area contributed by atoms with Gasteiger partial charge in [-0.25, -0.2) is 4.98 Å². The van der Waals surface area contributed by atoms with E-state index in [1.807, 2.05) is 12.1 Å². The number of aromatic nitrogens is 2. The normalized spacial score (nSPS) is 21.4. The molecule has 18 heavy (non-hydrogen) atoms. The highest BCUT2D eigenvalue weighted by molar-refractivity contribution is 9.10. The molecule has 0 radical (unpaired) electrons. The Morgan fingerprint density at radius 3 is 2.39 bits per heavy atom. The molecule has 4 heteroatoms. The highest BCUT2D eigenvalue weighted by Crippen LogP contribution is 2.73. The lowest BCUT2D eigenvalue weighted by Crippen LogP contribution is -1.95. The molecular weight excluding hydrogens is 312 g/mol. The molecule has 1 heterocycles. The van der Waals surface area contributed by atoms with Gasteiger partial charge in [-0.05, 0) is 38.9 Å². The quantitative estimate of drug-likeness (QED) is 0.773. The fraction of sp³-hybridized carbons (Fsp3) is 0.500. The fourth-order valence-corrected chi connectivity index (χ4v) is 3.98. The number of hydrogen-bond donors (Lipinski definition) is 1. The Morgan fingerprint density at radius 1 is 1.22 bits per heavy atom. The Bertz CT molecular complexity index is 629. The molecule has 1 N–H and O–H groups in total. The number of benzene rings is 1. The summed E-state index contributed by atoms with van der Waals surface area (Å²) in [6.07, 6.45) is 0. The van der Waals surface area contributed by atoms with Gasteiger partial charge in [-0.1, -0.05) is 39.3 Å². The topological polar surface area (TPSA) is 28.7 Å². The number of rotatable bonds is 1. The molecule has 0 saturated heterocycles. The van der Waals surface area contributed by atoms with Crippen LogP contribution in [0.25, 0.3) is 11.0 Å². The SMILES string of the molecule is CC1(C)C(c2nc3c(Br)cc(Cl)cc3[nH]2)C1(C)C. The van der Waals surface area contributed by atoms with Crippen LogP contribution < -0.4 is 0 Å². The first-order valence-corrected chi connectivity index (χ1v) is 7.27. The van der Waals surface area contributed by atoms with Gasteiger partial charge in [0.05, 0.1) is 5.52 Å². The van der Waals surface area contributed by atoms with Crippen molar-refractivity contribution in [2.75, 3.05) is 0 Å². The lowest BCUT2D eigenvalue weighted by atomic mass is 10.0. The predicted octanol–water partition coefficient (Wildman–Crippen LogP) is 5.13. The summed E-state index contributed by atoms with van der Waals surface area (Å²) in [5.41, 5.74) is 2.55. The molecule has 0 amide bonds. The third kappa shape index (κ3) is 1.50. The van der Waals surface area contributed by atoms with E-state index >= 15 is 0 Å². The second-order valence-electron chi connectivity index (χ2n) is 6.28. The van der Waals surface area contributed by atoms with Gasteiger partial charge in [0.2, 0.25) is 0 Å². The number of imidazole rings is 1. The van der Waals surface area contributed by atoms with Crippen LogP contribution in [0, 0.1) is 10.8 Å². The summed E-state index contributed by atoms with van der Waals surface area (Å²) in [7, 11) is 0. The van der Waals surface area contributed by atoms with Gasteiger partial charge in [0.1, 0.15) is 11.3 Å². The minimum Gasteiger partial charge on any atom is -0.342 e. The van der Waals surface area contributed by atoms with Crippen molar-refractivity contribution in [1.29, 1.82) is 0 Å².